The molecule has 0 aromatic carbocycles. The third-order valence-electron chi connectivity index (χ3n) is 2.73. The molecular formula is C11H19N3O2. The van der Waals surface area contributed by atoms with Crippen LogP contribution in [0.15, 0.2) is 11.3 Å². The van der Waals surface area contributed by atoms with E-state index in [4.69, 9.17) is 11.5 Å². The molecule has 0 radical (unpaired) electrons. The zero-order valence-electron chi connectivity index (χ0n) is 9.42. The van der Waals surface area contributed by atoms with E-state index in [0.717, 1.165) is 37.8 Å². The highest BCUT2D eigenvalue weighted by molar-refractivity contribution is 5.92. The van der Waals surface area contributed by atoms with Gasteiger partial charge in [-0.25, -0.2) is 0 Å². The molecule has 90 valence electrons. The van der Waals surface area contributed by atoms with Crippen LogP contribution in [0.3, 0.4) is 0 Å². The third-order valence-corrected chi connectivity index (χ3v) is 2.73. The molecule has 1 rings (SSSR count). The number of nitrogens with one attached hydrogen (secondary N) is 1. The summed E-state index contributed by atoms with van der Waals surface area (Å²) < 4.78 is 0. The Morgan fingerprint density at radius 2 is 1.81 bits per heavy atom. The zero-order valence-corrected chi connectivity index (χ0v) is 9.42. The van der Waals surface area contributed by atoms with Crippen LogP contribution in [-0.4, -0.2) is 18.4 Å². The van der Waals surface area contributed by atoms with Crippen LogP contribution >= 0.6 is 0 Å². The highest BCUT2D eigenvalue weighted by Crippen LogP contribution is 2.21. The van der Waals surface area contributed by atoms with Gasteiger partial charge in [0.1, 0.15) is 0 Å². The van der Waals surface area contributed by atoms with Crippen LogP contribution < -0.4 is 16.8 Å². The average molecular weight is 225 g/mol. The summed E-state index contributed by atoms with van der Waals surface area (Å²) in [6, 6.07) is 0. The maximum absolute atomic E-state index is 11.2. The standard InChI is InChI=1S/C11H19N3O2/c12-10(15)6-7-14-9-5-3-1-2-4-8(9)11(13)16/h14H,1-7H2,(H2,12,15)(H2,13,16). The second-order valence-corrected chi connectivity index (χ2v) is 4.03. The first-order chi connectivity index (χ1) is 7.61. The average Bonchev–Trinajstić information content (AvgIpc) is 2.42. The molecule has 0 atom stereocenters. The van der Waals surface area contributed by atoms with Gasteiger partial charge >= 0.3 is 0 Å². The van der Waals surface area contributed by atoms with Gasteiger partial charge in [0, 0.05) is 24.2 Å². The summed E-state index contributed by atoms with van der Waals surface area (Å²) >= 11 is 0. The molecule has 0 aliphatic heterocycles. The normalized spacial score (nSPS) is 16.8. The number of hydrogen-bond donors (Lipinski definition) is 3. The lowest BCUT2D eigenvalue weighted by Crippen LogP contribution is -2.25. The van der Waals surface area contributed by atoms with Crippen molar-refractivity contribution < 1.29 is 9.59 Å². The molecule has 0 unspecified atom stereocenters. The molecule has 5 N–H and O–H groups in total. The fourth-order valence-corrected chi connectivity index (χ4v) is 1.89. The molecule has 5 heteroatoms. The summed E-state index contributed by atoms with van der Waals surface area (Å²) in [6.07, 6.45) is 4.99. The van der Waals surface area contributed by atoms with Gasteiger partial charge < -0.3 is 16.8 Å². The largest absolute Gasteiger partial charge is 0.387 e. The molecule has 1 aliphatic carbocycles. The Labute approximate surface area is 95.2 Å². The first-order valence-electron chi connectivity index (χ1n) is 5.65. The van der Waals surface area contributed by atoms with Gasteiger partial charge in [-0.05, 0) is 25.7 Å². The van der Waals surface area contributed by atoms with Crippen LogP contribution in [0.4, 0.5) is 0 Å². The van der Waals surface area contributed by atoms with Gasteiger partial charge in [-0.1, -0.05) is 6.42 Å². The maximum Gasteiger partial charge on any atom is 0.246 e. The van der Waals surface area contributed by atoms with Crippen LogP contribution in [0.2, 0.25) is 0 Å². The predicted octanol–water partition coefficient (Wildman–Crippen LogP) is 0.155. The summed E-state index contributed by atoms with van der Waals surface area (Å²) in [5.74, 6) is -0.703. The van der Waals surface area contributed by atoms with Crippen molar-refractivity contribution >= 4 is 11.8 Å². The number of nitrogens with two attached hydrogens (primary N) is 2. The van der Waals surface area contributed by atoms with E-state index in [2.05, 4.69) is 5.32 Å². The lowest BCUT2D eigenvalue weighted by atomic mass is 10.1. The smallest absolute Gasteiger partial charge is 0.246 e. The number of allylic oxidation sites excluding steroid dienone is 1. The third kappa shape index (κ3) is 3.92. The van der Waals surface area contributed by atoms with Crippen LogP contribution in [0.5, 0.6) is 0 Å². The Hall–Kier alpha value is -1.52. The van der Waals surface area contributed by atoms with Gasteiger partial charge in [0.15, 0.2) is 0 Å². The second-order valence-electron chi connectivity index (χ2n) is 4.03. The number of hydrogen-bond acceptors (Lipinski definition) is 3. The Balaban J connectivity index is 2.61. The lowest BCUT2D eigenvalue weighted by Gasteiger charge is -2.12. The monoisotopic (exact) mass is 225 g/mol. The Kier molecular flexibility index (Phi) is 4.82. The highest BCUT2D eigenvalue weighted by atomic mass is 16.1. The van der Waals surface area contributed by atoms with Crippen molar-refractivity contribution in [3.63, 3.8) is 0 Å². The number of carbonyl (C=O) groups is 2. The van der Waals surface area contributed by atoms with Crippen molar-refractivity contribution in [2.45, 2.75) is 38.5 Å². The Morgan fingerprint density at radius 1 is 1.12 bits per heavy atom. The number of rotatable bonds is 5. The van der Waals surface area contributed by atoms with Gasteiger partial charge in [-0.2, -0.15) is 0 Å². The Bertz CT molecular complexity index is 310. The number of carbonyl (C=O) groups excluding carboxylic acids is 2. The van der Waals surface area contributed by atoms with E-state index in [-0.39, 0.29) is 18.2 Å². The van der Waals surface area contributed by atoms with Crippen molar-refractivity contribution in [2.75, 3.05) is 6.54 Å². The predicted molar refractivity (Wildman–Crippen MR) is 61.1 cm³/mol. The molecule has 16 heavy (non-hydrogen) atoms. The van der Waals surface area contributed by atoms with E-state index in [1.54, 1.807) is 0 Å². The van der Waals surface area contributed by atoms with Crippen molar-refractivity contribution in [1.82, 2.24) is 5.32 Å². The molecule has 0 fully saturated rings. The van der Waals surface area contributed by atoms with Crippen molar-refractivity contribution in [3.05, 3.63) is 11.3 Å². The molecule has 0 spiro atoms. The lowest BCUT2D eigenvalue weighted by molar-refractivity contribution is -0.118. The van der Waals surface area contributed by atoms with Gasteiger partial charge in [0.05, 0.1) is 0 Å². The Morgan fingerprint density at radius 3 is 2.44 bits per heavy atom. The molecule has 0 saturated carbocycles. The SMILES string of the molecule is NC(=O)CCNC1=C(C(N)=O)CCCCC1. The van der Waals surface area contributed by atoms with E-state index >= 15 is 0 Å². The van der Waals surface area contributed by atoms with Crippen molar-refractivity contribution in [1.29, 1.82) is 0 Å². The fourth-order valence-electron chi connectivity index (χ4n) is 1.89. The highest BCUT2D eigenvalue weighted by Gasteiger charge is 2.15. The van der Waals surface area contributed by atoms with Crippen molar-refractivity contribution in [3.8, 4) is 0 Å². The number of amides is 2. The van der Waals surface area contributed by atoms with E-state index in [0.29, 0.717) is 12.1 Å². The fraction of sp³-hybridized carbons (Fsp3) is 0.636. The first-order valence-corrected chi connectivity index (χ1v) is 5.65. The van der Waals surface area contributed by atoms with Gasteiger partial charge in [0.2, 0.25) is 11.8 Å². The van der Waals surface area contributed by atoms with Crippen LogP contribution in [0.25, 0.3) is 0 Å². The van der Waals surface area contributed by atoms with Crippen LogP contribution in [-0.2, 0) is 9.59 Å². The first kappa shape index (κ1) is 12.5. The van der Waals surface area contributed by atoms with E-state index in [1.165, 1.54) is 0 Å². The van der Waals surface area contributed by atoms with Gasteiger partial charge in [-0.15, -0.1) is 0 Å². The van der Waals surface area contributed by atoms with E-state index in [9.17, 15) is 9.59 Å². The minimum absolute atomic E-state index is 0.273. The topological polar surface area (TPSA) is 98.2 Å². The molecule has 1 aliphatic rings. The number of primary amides is 2. The molecule has 5 nitrogen and oxygen atoms in total. The van der Waals surface area contributed by atoms with Crippen molar-refractivity contribution in [2.24, 2.45) is 11.5 Å². The molecule has 0 aromatic heterocycles. The summed E-state index contributed by atoms with van der Waals surface area (Å²) in [7, 11) is 0. The molecule has 2 amide bonds. The molecule has 0 heterocycles. The summed E-state index contributed by atoms with van der Waals surface area (Å²) in [6.45, 7) is 0.474. The molecule has 0 aromatic rings. The van der Waals surface area contributed by atoms with E-state index in [1.807, 2.05) is 0 Å². The summed E-state index contributed by atoms with van der Waals surface area (Å²) in [5, 5.41) is 3.10. The van der Waals surface area contributed by atoms with E-state index < -0.39 is 0 Å². The minimum Gasteiger partial charge on any atom is -0.387 e. The zero-order chi connectivity index (χ0) is 12.0. The quantitative estimate of drug-likeness (QED) is 0.621. The maximum atomic E-state index is 11.2. The molecular weight excluding hydrogens is 206 g/mol. The van der Waals surface area contributed by atoms with Crippen LogP contribution in [0, 0.1) is 0 Å². The molecule has 0 saturated heterocycles. The van der Waals surface area contributed by atoms with Gasteiger partial charge in [0.25, 0.3) is 0 Å². The molecule has 0 bridgehead atoms. The van der Waals surface area contributed by atoms with Gasteiger partial charge in [-0.3, -0.25) is 9.59 Å². The summed E-state index contributed by atoms with van der Waals surface area (Å²) in [4.78, 5) is 21.8. The minimum atomic E-state index is -0.358. The van der Waals surface area contributed by atoms with Crippen LogP contribution in [0.1, 0.15) is 38.5 Å². The second kappa shape index (κ2) is 6.15. The summed E-state index contributed by atoms with van der Waals surface area (Å²) in [5.41, 5.74) is 12.0.